The Labute approximate surface area is 218 Å². The summed E-state index contributed by atoms with van der Waals surface area (Å²) in [6.45, 7) is 4.97. The maximum absolute atomic E-state index is 13.7. The van der Waals surface area contributed by atoms with E-state index in [1.807, 2.05) is 12.1 Å². The van der Waals surface area contributed by atoms with Crippen LogP contribution in [0.15, 0.2) is 76.5 Å². The van der Waals surface area contributed by atoms with Crippen molar-refractivity contribution in [1.29, 1.82) is 0 Å². The number of hydrogen-bond acceptors (Lipinski definition) is 4. The topological polar surface area (TPSA) is 69.7 Å². The molecule has 1 saturated heterocycles. The number of benzene rings is 3. The molecule has 5 rings (SSSR count). The second-order valence-electron chi connectivity index (χ2n) is 9.10. The quantitative estimate of drug-likeness (QED) is 0.502. The van der Waals surface area contributed by atoms with Gasteiger partial charge in [0.15, 0.2) is 0 Å². The summed E-state index contributed by atoms with van der Waals surface area (Å²) in [7, 11) is -1.57. The highest BCUT2D eigenvalue weighted by Gasteiger charge is 2.32. The van der Waals surface area contributed by atoms with Crippen molar-refractivity contribution in [1.82, 2.24) is 10.2 Å². The van der Waals surface area contributed by atoms with Gasteiger partial charge in [-0.1, -0.05) is 42.8 Å². The maximum Gasteiger partial charge on any atom is 0.259 e. The van der Waals surface area contributed by atoms with Crippen LogP contribution in [0, 0.1) is 0 Å². The van der Waals surface area contributed by atoms with E-state index in [9.17, 15) is 13.8 Å². The maximum atomic E-state index is 13.7. The van der Waals surface area contributed by atoms with Crippen molar-refractivity contribution in [2.75, 3.05) is 24.5 Å². The first-order valence-electron chi connectivity index (χ1n) is 12.2. The van der Waals surface area contributed by atoms with E-state index >= 15 is 0 Å². The summed E-state index contributed by atoms with van der Waals surface area (Å²) in [6, 6.07) is 19.7. The van der Waals surface area contributed by atoms with Crippen molar-refractivity contribution in [2.45, 2.75) is 42.1 Å². The molecule has 0 spiro atoms. The standard InChI is InChI=1S/C28H28ClN3O3S/c1-2-31-14-6-9-22(31)17-30-27(33)20-12-13-26-24(16-20)32(18-19-7-5-8-21(29)15-19)28(34)23-10-3-4-11-25(23)36(26)35/h3-5,7-8,10-13,15-16,22H,2,6,9,14,17-18H2,1H3,(H,30,33)/t22-,36+/m0/s1. The molecule has 3 aromatic carbocycles. The zero-order valence-corrected chi connectivity index (χ0v) is 21.6. The minimum atomic E-state index is -1.57. The van der Waals surface area contributed by atoms with Crippen molar-refractivity contribution in [3.8, 4) is 0 Å². The third-order valence-corrected chi connectivity index (χ3v) is 8.64. The molecule has 1 fully saturated rings. The fraction of sp³-hybridized carbons (Fsp3) is 0.286. The zero-order valence-electron chi connectivity index (χ0n) is 20.1. The Kier molecular flexibility index (Phi) is 7.23. The van der Waals surface area contributed by atoms with Crippen molar-refractivity contribution in [3.05, 3.63) is 88.4 Å². The highest BCUT2D eigenvalue weighted by Crippen LogP contribution is 2.36. The Bertz CT molecular complexity index is 1350. The smallest absolute Gasteiger partial charge is 0.259 e. The third-order valence-electron chi connectivity index (χ3n) is 6.91. The molecule has 0 saturated carbocycles. The van der Waals surface area contributed by atoms with Crippen LogP contribution in [0.3, 0.4) is 0 Å². The molecule has 2 heterocycles. The lowest BCUT2D eigenvalue weighted by molar-refractivity contribution is 0.0938. The number of carbonyl (C=O) groups is 2. The lowest BCUT2D eigenvalue weighted by atomic mass is 10.1. The van der Waals surface area contributed by atoms with Crippen LogP contribution >= 0.6 is 11.6 Å². The summed E-state index contributed by atoms with van der Waals surface area (Å²) in [6.07, 6.45) is 2.21. The minimum Gasteiger partial charge on any atom is -0.350 e. The molecule has 2 atom stereocenters. The van der Waals surface area contributed by atoms with Crippen LogP contribution < -0.4 is 10.2 Å². The largest absolute Gasteiger partial charge is 0.350 e. The van der Waals surface area contributed by atoms with Crippen LogP contribution in [0.2, 0.25) is 5.02 Å². The molecule has 36 heavy (non-hydrogen) atoms. The highest BCUT2D eigenvalue weighted by atomic mass is 35.5. The second kappa shape index (κ2) is 10.5. The number of likely N-dealkylation sites (N-methyl/N-ethyl adjacent to an activating group) is 1. The van der Waals surface area contributed by atoms with Crippen molar-refractivity contribution < 1.29 is 13.8 Å². The molecule has 186 valence electrons. The Morgan fingerprint density at radius 3 is 2.72 bits per heavy atom. The van der Waals surface area contributed by atoms with Gasteiger partial charge in [-0.2, -0.15) is 0 Å². The lowest BCUT2D eigenvalue weighted by Gasteiger charge is -2.24. The van der Waals surface area contributed by atoms with E-state index in [4.69, 9.17) is 11.6 Å². The van der Waals surface area contributed by atoms with Gasteiger partial charge < -0.3 is 10.2 Å². The first kappa shape index (κ1) is 24.7. The number of anilines is 1. The monoisotopic (exact) mass is 521 g/mol. The van der Waals surface area contributed by atoms with Gasteiger partial charge >= 0.3 is 0 Å². The summed E-state index contributed by atoms with van der Waals surface area (Å²) in [5.41, 5.74) is 2.13. The van der Waals surface area contributed by atoms with E-state index in [-0.39, 0.29) is 18.4 Å². The summed E-state index contributed by atoms with van der Waals surface area (Å²) in [5, 5.41) is 3.63. The molecule has 0 bridgehead atoms. The molecule has 0 unspecified atom stereocenters. The van der Waals surface area contributed by atoms with Crippen LogP contribution in [0.1, 0.15) is 46.0 Å². The molecular formula is C28H28ClN3O3S. The van der Waals surface area contributed by atoms with Gasteiger partial charge in [-0.05, 0) is 74.0 Å². The van der Waals surface area contributed by atoms with E-state index in [2.05, 4.69) is 17.1 Å². The first-order valence-corrected chi connectivity index (χ1v) is 13.7. The number of halogens is 1. The molecule has 0 radical (unpaired) electrons. The number of carbonyl (C=O) groups excluding carboxylic acids is 2. The fourth-order valence-corrected chi connectivity index (χ4v) is 6.59. The van der Waals surface area contributed by atoms with Gasteiger partial charge in [0.25, 0.3) is 11.8 Å². The molecule has 0 aliphatic carbocycles. The van der Waals surface area contributed by atoms with Gasteiger partial charge in [-0.15, -0.1) is 0 Å². The molecule has 0 aromatic heterocycles. The van der Waals surface area contributed by atoms with Crippen LogP contribution in [-0.2, 0) is 17.3 Å². The Hall–Kier alpha value is -3.00. The Morgan fingerprint density at radius 2 is 1.92 bits per heavy atom. The van der Waals surface area contributed by atoms with E-state index in [0.717, 1.165) is 31.5 Å². The number of nitrogens with zero attached hydrogens (tertiary/aromatic N) is 2. The van der Waals surface area contributed by atoms with Gasteiger partial charge in [0, 0.05) is 23.2 Å². The normalized spacial score (nSPS) is 19.5. The molecule has 2 aliphatic rings. The summed E-state index contributed by atoms with van der Waals surface area (Å²) >= 11 is 6.20. The summed E-state index contributed by atoms with van der Waals surface area (Å²) in [4.78, 5) is 31.8. The van der Waals surface area contributed by atoms with Crippen LogP contribution in [0.25, 0.3) is 0 Å². The molecular weight excluding hydrogens is 494 g/mol. The molecule has 8 heteroatoms. The van der Waals surface area contributed by atoms with E-state index < -0.39 is 10.8 Å². The first-order chi connectivity index (χ1) is 17.5. The van der Waals surface area contributed by atoms with Gasteiger partial charge in [-0.25, -0.2) is 4.21 Å². The van der Waals surface area contributed by atoms with Crippen LogP contribution in [-0.4, -0.2) is 46.6 Å². The van der Waals surface area contributed by atoms with Crippen LogP contribution in [0.5, 0.6) is 0 Å². The zero-order chi connectivity index (χ0) is 25.2. The minimum absolute atomic E-state index is 0.205. The predicted molar refractivity (Wildman–Crippen MR) is 142 cm³/mol. The summed E-state index contributed by atoms with van der Waals surface area (Å²) < 4.78 is 13.6. The van der Waals surface area contributed by atoms with Gasteiger partial charge in [0.1, 0.15) is 0 Å². The second-order valence-corrected chi connectivity index (χ2v) is 11.0. The van der Waals surface area contributed by atoms with Gasteiger partial charge in [0.05, 0.1) is 38.4 Å². The van der Waals surface area contributed by atoms with Crippen molar-refractivity contribution >= 4 is 39.9 Å². The molecule has 1 N–H and O–H groups in total. The molecule has 2 aliphatic heterocycles. The SMILES string of the molecule is CCN1CCC[C@H]1CNC(=O)c1ccc2c(c1)N(Cc1cccc(Cl)c1)C(=O)c1ccccc1[S@]2=O. The van der Waals surface area contributed by atoms with E-state index in [1.165, 1.54) is 0 Å². The van der Waals surface area contributed by atoms with Crippen LogP contribution in [0.4, 0.5) is 5.69 Å². The van der Waals surface area contributed by atoms with Gasteiger partial charge in [0.2, 0.25) is 0 Å². The highest BCUT2D eigenvalue weighted by molar-refractivity contribution is 7.85. The van der Waals surface area contributed by atoms with E-state index in [1.54, 1.807) is 59.5 Å². The number of likely N-dealkylation sites (tertiary alicyclic amines) is 1. The number of hydrogen-bond donors (Lipinski definition) is 1. The molecule has 2 amide bonds. The Morgan fingerprint density at radius 1 is 1.08 bits per heavy atom. The fourth-order valence-electron chi connectivity index (χ4n) is 5.03. The number of rotatable bonds is 6. The van der Waals surface area contributed by atoms with Crippen molar-refractivity contribution in [3.63, 3.8) is 0 Å². The van der Waals surface area contributed by atoms with E-state index in [0.29, 0.717) is 44.2 Å². The number of fused-ring (bicyclic) bond motifs is 2. The lowest BCUT2D eigenvalue weighted by Crippen LogP contribution is -2.40. The molecule has 6 nitrogen and oxygen atoms in total. The number of amides is 2. The predicted octanol–water partition coefficient (Wildman–Crippen LogP) is 4.88. The van der Waals surface area contributed by atoms with Gasteiger partial charge in [-0.3, -0.25) is 14.5 Å². The Balaban J connectivity index is 1.50. The van der Waals surface area contributed by atoms with Crippen molar-refractivity contribution in [2.24, 2.45) is 0 Å². The average Bonchev–Trinajstić information content (AvgIpc) is 3.34. The number of nitrogens with one attached hydrogen (secondary N) is 1. The summed E-state index contributed by atoms with van der Waals surface area (Å²) in [5.74, 6) is -0.469. The average molecular weight is 522 g/mol. The third kappa shape index (κ3) is 4.83. The molecule has 3 aromatic rings.